The smallest absolute Gasteiger partial charge is 0.257 e. The Labute approximate surface area is 120 Å². The Hall–Kier alpha value is -1.24. The van der Waals surface area contributed by atoms with Crippen LogP contribution < -0.4 is 5.73 Å². The van der Waals surface area contributed by atoms with Gasteiger partial charge in [-0.2, -0.15) is 0 Å². The van der Waals surface area contributed by atoms with Gasteiger partial charge in [-0.3, -0.25) is 4.79 Å². The van der Waals surface area contributed by atoms with Crippen molar-refractivity contribution in [1.29, 1.82) is 0 Å². The van der Waals surface area contributed by atoms with Crippen LogP contribution in [0.3, 0.4) is 0 Å². The number of hydrogen-bond acceptors (Lipinski definition) is 3. The summed E-state index contributed by atoms with van der Waals surface area (Å²) in [7, 11) is 0. The van der Waals surface area contributed by atoms with Crippen LogP contribution in [0.25, 0.3) is 0 Å². The average Bonchev–Trinajstić information content (AvgIpc) is 2.38. The summed E-state index contributed by atoms with van der Waals surface area (Å²) in [5, 5.41) is 0.247. The third kappa shape index (κ3) is 3.20. The highest BCUT2D eigenvalue weighted by Crippen LogP contribution is 2.18. The summed E-state index contributed by atoms with van der Waals surface area (Å²) in [4.78, 5) is 13.9. The van der Waals surface area contributed by atoms with E-state index in [4.69, 9.17) is 34.3 Å². The molecule has 0 saturated carbocycles. The minimum atomic E-state index is -0.643. The summed E-state index contributed by atoms with van der Waals surface area (Å²) in [5.41, 5.74) is 5.47. The molecular weight excluding hydrogens is 291 g/mol. The van der Waals surface area contributed by atoms with Crippen molar-refractivity contribution in [3.63, 3.8) is 0 Å². The Morgan fingerprint density at radius 3 is 2.95 bits per heavy atom. The zero-order chi connectivity index (χ0) is 14.0. The number of thiocarbonyl (C=S) groups is 1. The maximum Gasteiger partial charge on any atom is 0.257 e. The zero-order valence-corrected chi connectivity index (χ0v) is 11.5. The first-order valence-electron chi connectivity index (χ1n) is 5.64. The van der Waals surface area contributed by atoms with Crippen LogP contribution in [0.15, 0.2) is 18.2 Å². The van der Waals surface area contributed by atoms with E-state index in [1.165, 1.54) is 17.0 Å². The molecule has 7 heteroatoms. The van der Waals surface area contributed by atoms with E-state index in [-0.39, 0.29) is 22.1 Å². The molecule has 1 fully saturated rings. The van der Waals surface area contributed by atoms with E-state index in [0.717, 1.165) is 6.07 Å². The Morgan fingerprint density at radius 2 is 2.32 bits per heavy atom. The Kier molecular flexibility index (Phi) is 4.34. The van der Waals surface area contributed by atoms with Gasteiger partial charge in [0.25, 0.3) is 5.91 Å². The molecule has 1 heterocycles. The molecule has 19 heavy (non-hydrogen) atoms. The first kappa shape index (κ1) is 14.2. The Bertz CT molecular complexity index is 526. The number of carbonyl (C=O) groups is 1. The highest BCUT2D eigenvalue weighted by atomic mass is 35.5. The van der Waals surface area contributed by atoms with Crippen molar-refractivity contribution in [2.45, 2.75) is 6.10 Å². The number of carbonyl (C=O) groups excluding carboxylic acids is 1. The van der Waals surface area contributed by atoms with E-state index >= 15 is 0 Å². The molecule has 1 saturated heterocycles. The molecule has 0 aliphatic carbocycles. The molecule has 1 aliphatic rings. The first-order chi connectivity index (χ1) is 8.99. The second-order valence-corrected chi connectivity index (χ2v) is 5.04. The van der Waals surface area contributed by atoms with E-state index in [2.05, 4.69) is 0 Å². The number of amides is 1. The fourth-order valence-electron chi connectivity index (χ4n) is 1.84. The quantitative estimate of drug-likeness (QED) is 0.843. The third-order valence-corrected chi connectivity index (χ3v) is 3.33. The third-order valence-electron chi connectivity index (χ3n) is 2.83. The molecule has 1 aromatic rings. The van der Waals surface area contributed by atoms with Crippen LogP contribution in [-0.2, 0) is 4.74 Å². The molecule has 0 bridgehead atoms. The lowest BCUT2D eigenvalue weighted by atomic mass is 10.1. The summed E-state index contributed by atoms with van der Waals surface area (Å²) in [6.45, 7) is 0.930. The van der Waals surface area contributed by atoms with E-state index in [9.17, 15) is 9.18 Å². The lowest BCUT2D eigenvalue weighted by Crippen LogP contribution is -2.50. The minimum Gasteiger partial charge on any atom is -0.391 e. The number of benzene rings is 1. The van der Waals surface area contributed by atoms with Crippen LogP contribution in [0.4, 0.5) is 4.39 Å². The van der Waals surface area contributed by atoms with Crippen LogP contribution in [0.2, 0.25) is 5.02 Å². The predicted octanol–water partition coefficient (Wildman–Crippen LogP) is 1.61. The van der Waals surface area contributed by atoms with Gasteiger partial charge >= 0.3 is 0 Å². The van der Waals surface area contributed by atoms with Gasteiger partial charge in [0, 0.05) is 11.6 Å². The molecule has 2 rings (SSSR count). The monoisotopic (exact) mass is 302 g/mol. The van der Waals surface area contributed by atoms with Crippen molar-refractivity contribution in [3.8, 4) is 0 Å². The summed E-state index contributed by atoms with van der Waals surface area (Å²) < 4.78 is 19.0. The van der Waals surface area contributed by atoms with Crippen LogP contribution in [-0.4, -0.2) is 41.6 Å². The number of nitrogens with two attached hydrogens (primary N) is 1. The SMILES string of the molecule is NC(=S)C1CN(C(=O)c2ccc(Cl)cc2F)CCO1. The zero-order valence-electron chi connectivity index (χ0n) is 9.94. The molecule has 1 unspecified atom stereocenters. The second kappa shape index (κ2) is 5.81. The molecule has 1 amide bonds. The summed E-state index contributed by atoms with van der Waals surface area (Å²) in [5.74, 6) is -1.06. The second-order valence-electron chi connectivity index (χ2n) is 4.14. The highest BCUT2D eigenvalue weighted by molar-refractivity contribution is 7.80. The number of ether oxygens (including phenoxy) is 1. The number of nitrogens with zero attached hydrogens (tertiary/aromatic N) is 1. The van der Waals surface area contributed by atoms with Crippen molar-refractivity contribution >= 4 is 34.7 Å². The lowest BCUT2D eigenvalue weighted by Gasteiger charge is -2.32. The maximum absolute atomic E-state index is 13.7. The first-order valence-corrected chi connectivity index (χ1v) is 6.43. The van der Waals surface area contributed by atoms with Gasteiger partial charge < -0.3 is 15.4 Å². The molecule has 1 aliphatic heterocycles. The molecule has 1 aromatic carbocycles. The van der Waals surface area contributed by atoms with Gasteiger partial charge in [-0.1, -0.05) is 23.8 Å². The van der Waals surface area contributed by atoms with Crippen LogP contribution >= 0.6 is 23.8 Å². The van der Waals surface area contributed by atoms with Gasteiger partial charge in [0.05, 0.1) is 18.7 Å². The van der Waals surface area contributed by atoms with E-state index in [0.29, 0.717) is 13.2 Å². The van der Waals surface area contributed by atoms with E-state index in [1.54, 1.807) is 0 Å². The van der Waals surface area contributed by atoms with Crippen molar-refractivity contribution in [3.05, 3.63) is 34.6 Å². The number of morpholine rings is 1. The van der Waals surface area contributed by atoms with Crippen LogP contribution in [0.5, 0.6) is 0 Å². The topological polar surface area (TPSA) is 55.6 Å². The molecule has 1 atom stereocenters. The fourth-order valence-corrected chi connectivity index (χ4v) is 2.14. The van der Waals surface area contributed by atoms with Gasteiger partial charge in [-0.05, 0) is 18.2 Å². The molecular formula is C12H12ClFN2O2S. The highest BCUT2D eigenvalue weighted by Gasteiger charge is 2.27. The Balaban J connectivity index is 2.17. The van der Waals surface area contributed by atoms with E-state index < -0.39 is 17.8 Å². The van der Waals surface area contributed by atoms with E-state index in [1.807, 2.05) is 0 Å². The number of halogens is 2. The van der Waals surface area contributed by atoms with Gasteiger partial charge in [-0.25, -0.2) is 4.39 Å². The normalized spacial score (nSPS) is 19.3. The minimum absolute atomic E-state index is 0.0204. The molecule has 0 aromatic heterocycles. The summed E-state index contributed by atoms with van der Waals surface area (Å²) in [6.07, 6.45) is -0.483. The standard InChI is InChI=1S/C12H12ClFN2O2S/c13-7-1-2-8(9(14)5-7)12(17)16-3-4-18-10(6-16)11(15)19/h1-2,5,10H,3-4,6H2,(H2,15,19). The van der Waals surface area contributed by atoms with Crippen molar-refractivity contribution < 1.29 is 13.9 Å². The summed E-state index contributed by atoms with van der Waals surface area (Å²) >= 11 is 10.5. The van der Waals surface area contributed by atoms with Gasteiger partial charge in [-0.15, -0.1) is 0 Å². The van der Waals surface area contributed by atoms with Crippen molar-refractivity contribution in [2.24, 2.45) is 5.73 Å². The largest absolute Gasteiger partial charge is 0.391 e. The molecule has 2 N–H and O–H groups in total. The molecule has 102 valence electrons. The van der Waals surface area contributed by atoms with Crippen molar-refractivity contribution in [1.82, 2.24) is 4.90 Å². The molecule has 0 spiro atoms. The van der Waals surface area contributed by atoms with Crippen LogP contribution in [0.1, 0.15) is 10.4 Å². The molecule has 0 radical (unpaired) electrons. The Morgan fingerprint density at radius 1 is 1.58 bits per heavy atom. The average molecular weight is 303 g/mol. The van der Waals surface area contributed by atoms with Crippen molar-refractivity contribution in [2.75, 3.05) is 19.7 Å². The van der Waals surface area contributed by atoms with Crippen LogP contribution in [0, 0.1) is 5.82 Å². The van der Waals surface area contributed by atoms with Gasteiger partial charge in [0.2, 0.25) is 0 Å². The predicted molar refractivity (Wildman–Crippen MR) is 73.8 cm³/mol. The maximum atomic E-state index is 13.7. The summed E-state index contributed by atoms with van der Waals surface area (Å²) in [6, 6.07) is 3.95. The number of rotatable bonds is 2. The fraction of sp³-hybridized carbons (Fsp3) is 0.333. The lowest BCUT2D eigenvalue weighted by molar-refractivity contribution is 0.00856. The van der Waals surface area contributed by atoms with Gasteiger partial charge in [0.1, 0.15) is 16.9 Å². The van der Waals surface area contributed by atoms with Gasteiger partial charge in [0.15, 0.2) is 0 Å². The molecule has 4 nitrogen and oxygen atoms in total. The number of hydrogen-bond donors (Lipinski definition) is 1.